The maximum absolute atomic E-state index is 9.37. The average molecular weight is 299 g/mol. The number of anilines is 3. The molecule has 1 aromatic heterocycles. The maximum atomic E-state index is 9.37. The molecule has 23 heavy (non-hydrogen) atoms. The summed E-state index contributed by atoms with van der Waals surface area (Å²) in [7, 11) is 0. The highest BCUT2D eigenvalue weighted by molar-refractivity contribution is 5.98. The van der Waals surface area contributed by atoms with E-state index in [0.717, 1.165) is 22.2 Å². The van der Waals surface area contributed by atoms with Gasteiger partial charge in [-0.2, -0.15) is 10.5 Å². The number of rotatable bonds is 2. The lowest BCUT2D eigenvalue weighted by atomic mass is 10.1. The minimum absolute atomic E-state index is 0.420. The molecule has 0 spiro atoms. The standard InChI is InChI=1S/C18H13N5/c1-11-5-17-15(7-16(11)21)18(13(9-20)10-22-17)23-14-4-2-3-12(6-14)8-19/h2-7,10H,21H2,1H3,(H,22,23). The highest BCUT2D eigenvalue weighted by Crippen LogP contribution is 2.31. The van der Waals surface area contributed by atoms with Crippen molar-refractivity contribution in [1.82, 2.24) is 4.98 Å². The third kappa shape index (κ3) is 2.64. The summed E-state index contributed by atoms with van der Waals surface area (Å²) in [5.74, 6) is 0. The summed E-state index contributed by atoms with van der Waals surface area (Å²) in [6, 6.07) is 15.0. The van der Waals surface area contributed by atoms with E-state index in [0.29, 0.717) is 22.5 Å². The van der Waals surface area contributed by atoms with Crippen LogP contribution in [0.25, 0.3) is 10.9 Å². The third-order valence-corrected chi connectivity index (χ3v) is 3.64. The average Bonchev–Trinajstić information content (AvgIpc) is 2.57. The van der Waals surface area contributed by atoms with E-state index >= 15 is 0 Å². The fourth-order valence-corrected chi connectivity index (χ4v) is 2.39. The first-order valence-electron chi connectivity index (χ1n) is 6.98. The van der Waals surface area contributed by atoms with Crippen molar-refractivity contribution in [1.29, 1.82) is 10.5 Å². The number of benzene rings is 2. The molecule has 0 aliphatic carbocycles. The van der Waals surface area contributed by atoms with E-state index in [2.05, 4.69) is 22.4 Å². The van der Waals surface area contributed by atoms with Crippen molar-refractivity contribution >= 4 is 28.0 Å². The zero-order valence-electron chi connectivity index (χ0n) is 12.5. The van der Waals surface area contributed by atoms with Gasteiger partial charge in [0.05, 0.1) is 28.4 Å². The molecule has 0 bridgehead atoms. The Morgan fingerprint density at radius 1 is 1.13 bits per heavy atom. The van der Waals surface area contributed by atoms with Crippen molar-refractivity contribution < 1.29 is 0 Å². The summed E-state index contributed by atoms with van der Waals surface area (Å²) in [5.41, 5.74) is 10.7. The van der Waals surface area contributed by atoms with Gasteiger partial charge in [0.2, 0.25) is 0 Å². The lowest BCUT2D eigenvalue weighted by Gasteiger charge is -2.13. The molecule has 1 heterocycles. The molecule has 2 aromatic carbocycles. The van der Waals surface area contributed by atoms with Gasteiger partial charge in [0.1, 0.15) is 6.07 Å². The molecule has 0 saturated heterocycles. The van der Waals surface area contributed by atoms with Crippen LogP contribution in [0.4, 0.5) is 17.1 Å². The predicted molar refractivity (Wildman–Crippen MR) is 90.0 cm³/mol. The Hall–Kier alpha value is -3.57. The molecule has 5 nitrogen and oxygen atoms in total. The van der Waals surface area contributed by atoms with E-state index in [9.17, 15) is 5.26 Å². The van der Waals surface area contributed by atoms with Crippen molar-refractivity contribution in [2.75, 3.05) is 11.1 Å². The molecule has 0 saturated carbocycles. The topological polar surface area (TPSA) is 98.5 Å². The molecule has 3 rings (SSSR count). The lowest BCUT2D eigenvalue weighted by molar-refractivity contribution is 1.35. The van der Waals surface area contributed by atoms with Gasteiger partial charge in [-0.15, -0.1) is 0 Å². The SMILES string of the molecule is Cc1cc2ncc(C#N)c(Nc3cccc(C#N)c3)c2cc1N. The second-order valence-corrected chi connectivity index (χ2v) is 5.20. The molecular weight excluding hydrogens is 286 g/mol. The normalized spacial score (nSPS) is 10.0. The van der Waals surface area contributed by atoms with Gasteiger partial charge in [-0.3, -0.25) is 4.98 Å². The van der Waals surface area contributed by atoms with Gasteiger partial charge in [-0.05, 0) is 42.8 Å². The highest BCUT2D eigenvalue weighted by atomic mass is 14.9. The van der Waals surface area contributed by atoms with Crippen molar-refractivity contribution in [3.63, 3.8) is 0 Å². The van der Waals surface area contributed by atoms with Gasteiger partial charge in [0.15, 0.2) is 0 Å². The number of aromatic nitrogens is 1. The molecule has 0 amide bonds. The summed E-state index contributed by atoms with van der Waals surface area (Å²) in [6.07, 6.45) is 1.54. The summed E-state index contributed by atoms with van der Waals surface area (Å²) >= 11 is 0. The number of nitriles is 2. The number of pyridine rings is 1. The molecule has 0 aliphatic rings. The number of nitrogens with zero attached hydrogens (tertiary/aromatic N) is 3. The molecular formula is C18H13N5. The molecule has 110 valence electrons. The second-order valence-electron chi connectivity index (χ2n) is 5.20. The summed E-state index contributed by atoms with van der Waals surface area (Å²) < 4.78 is 0. The number of nitrogens with two attached hydrogens (primary N) is 1. The number of fused-ring (bicyclic) bond motifs is 1. The van der Waals surface area contributed by atoms with Gasteiger partial charge in [0, 0.05) is 23.0 Å². The van der Waals surface area contributed by atoms with Crippen LogP contribution >= 0.6 is 0 Å². The van der Waals surface area contributed by atoms with Crippen LogP contribution in [-0.2, 0) is 0 Å². The minimum atomic E-state index is 0.420. The smallest absolute Gasteiger partial charge is 0.103 e. The summed E-state index contributed by atoms with van der Waals surface area (Å²) in [5, 5.41) is 22.4. The van der Waals surface area contributed by atoms with E-state index in [4.69, 9.17) is 11.0 Å². The molecule has 5 heteroatoms. The Bertz CT molecular complexity index is 993. The molecule has 0 radical (unpaired) electrons. The minimum Gasteiger partial charge on any atom is -0.398 e. The number of nitrogen functional groups attached to an aromatic ring is 1. The highest BCUT2D eigenvalue weighted by Gasteiger charge is 2.11. The van der Waals surface area contributed by atoms with Gasteiger partial charge < -0.3 is 11.1 Å². The first-order valence-corrected chi connectivity index (χ1v) is 6.98. The zero-order valence-corrected chi connectivity index (χ0v) is 12.5. The zero-order chi connectivity index (χ0) is 16.4. The Balaban J connectivity index is 2.20. The summed E-state index contributed by atoms with van der Waals surface area (Å²) in [4.78, 5) is 4.32. The number of aryl methyl sites for hydroxylation is 1. The molecule has 0 unspecified atom stereocenters. The van der Waals surface area contributed by atoms with Crippen molar-refractivity contribution in [2.45, 2.75) is 6.92 Å². The molecule has 0 aliphatic heterocycles. The third-order valence-electron chi connectivity index (χ3n) is 3.64. The van der Waals surface area contributed by atoms with Gasteiger partial charge in [-0.25, -0.2) is 0 Å². The number of nitrogens with one attached hydrogen (secondary N) is 1. The quantitative estimate of drug-likeness (QED) is 0.704. The molecule has 3 aromatic rings. The first kappa shape index (κ1) is 14.4. The molecule has 0 fully saturated rings. The van der Waals surface area contributed by atoms with Crippen molar-refractivity contribution in [3.05, 3.63) is 59.3 Å². The van der Waals surface area contributed by atoms with Gasteiger partial charge >= 0.3 is 0 Å². The molecule has 0 atom stereocenters. The van der Waals surface area contributed by atoms with Gasteiger partial charge in [-0.1, -0.05) is 6.07 Å². The van der Waals surface area contributed by atoms with Crippen LogP contribution in [0.2, 0.25) is 0 Å². The van der Waals surface area contributed by atoms with E-state index in [1.807, 2.05) is 25.1 Å². The van der Waals surface area contributed by atoms with E-state index < -0.39 is 0 Å². The second kappa shape index (κ2) is 5.67. The Morgan fingerprint density at radius 2 is 1.96 bits per heavy atom. The van der Waals surface area contributed by atoms with Crippen molar-refractivity contribution in [2.24, 2.45) is 0 Å². The van der Waals surface area contributed by atoms with Crippen LogP contribution in [0.1, 0.15) is 16.7 Å². The maximum Gasteiger partial charge on any atom is 0.103 e. The number of hydrogen-bond acceptors (Lipinski definition) is 5. The first-order chi connectivity index (χ1) is 11.1. The van der Waals surface area contributed by atoms with Crippen LogP contribution in [0.5, 0.6) is 0 Å². The number of hydrogen-bond donors (Lipinski definition) is 2. The van der Waals surface area contributed by atoms with Crippen LogP contribution in [-0.4, -0.2) is 4.98 Å². The largest absolute Gasteiger partial charge is 0.398 e. The Labute approximate surface area is 133 Å². The van der Waals surface area contributed by atoms with E-state index in [1.54, 1.807) is 18.2 Å². The van der Waals surface area contributed by atoms with Crippen molar-refractivity contribution in [3.8, 4) is 12.1 Å². The molecule has 3 N–H and O–H groups in total. The summed E-state index contributed by atoms with van der Waals surface area (Å²) in [6.45, 7) is 1.91. The van der Waals surface area contributed by atoms with Crippen LogP contribution < -0.4 is 11.1 Å². The van der Waals surface area contributed by atoms with E-state index in [-0.39, 0.29) is 0 Å². The van der Waals surface area contributed by atoms with E-state index in [1.165, 1.54) is 6.20 Å². The predicted octanol–water partition coefficient (Wildman–Crippen LogP) is 3.61. The Kier molecular flexibility index (Phi) is 3.54. The van der Waals surface area contributed by atoms with Crippen LogP contribution in [0, 0.1) is 29.6 Å². The van der Waals surface area contributed by atoms with Crippen LogP contribution in [0.3, 0.4) is 0 Å². The van der Waals surface area contributed by atoms with Gasteiger partial charge in [0.25, 0.3) is 0 Å². The van der Waals surface area contributed by atoms with Crippen LogP contribution in [0.15, 0.2) is 42.6 Å². The monoisotopic (exact) mass is 299 g/mol. The fourth-order valence-electron chi connectivity index (χ4n) is 2.39. The Morgan fingerprint density at radius 3 is 2.70 bits per heavy atom. The lowest BCUT2D eigenvalue weighted by Crippen LogP contribution is -1.99. The fraction of sp³-hybridized carbons (Fsp3) is 0.0556.